The highest BCUT2D eigenvalue weighted by Gasteiger charge is 2.38. The summed E-state index contributed by atoms with van der Waals surface area (Å²) in [5, 5.41) is 11.5. The van der Waals surface area contributed by atoms with Crippen LogP contribution in [0, 0.1) is 13.8 Å². The van der Waals surface area contributed by atoms with Gasteiger partial charge in [0, 0.05) is 41.3 Å². The number of fused-ring (bicyclic) bond motifs is 2. The normalized spacial score (nSPS) is 11.7. The van der Waals surface area contributed by atoms with E-state index in [0.717, 1.165) is 4.90 Å². The number of halogens is 4. The molecule has 0 fully saturated rings. The average molecular weight is 646 g/mol. The van der Waals surface area contributed by atoms with E-state index in [4.69, 9.17) is 16.3 Å². The van der Waals surface area contributed by atoms with Gasteiger partial charge in [-0.15, -0.1) is 11.3 Å². The van der Waals surface area contributed by atoms with Gasteiger partial charge in [0.05, 0.1) is 33.4 Å². The van der Waals surface area contributed by atoms with Crippen molar-refractivity contribution in [3.63, 3.8) is 0 Å². The average Bonchev–Trinajstić information content (AvgIpc) is 3.37. The molecule has 10 nitrogen and oxygen atoms in total. The van der Waals surface area contributed by atoms with Gasteiger partial charge in [0.25, 0.3) is 11.5 Å². The van der Waals surface area contributed by atoms with E-state index < -0.39 is 34.9 Å². The Morgan fingerprint density at radius 2 is 1.80 bits per heavy atom. The van der Waals surface area contributed by atoms with Crippen LogP contribution >= 0.6 is 22.9 Å². The number of aryl methyl sites for hydroxylation is 2. The molecule has 0 atom stereocenters. The van der Waals surface area contributed by atoms with Crippen LogP contribution in [0.15, 0.2) is 40.5 Å². The first kappa shape index (κ1) is 30.9. The number of alkyl halides is 3. The predicted octanol–water partition coefficient (Wildman–Crippen LogP) is 5.84. The van der Waals surface area contributed by atoms with Crippen molar-refractivity contribution in [2.45, 2.75) is 26.6 Å². The molecule has 15 heteroatoms. The highest BCUT2D eigenvalue weighted by molar-refractivity contribution is 7.18. The Morgan fingerprint density at radius 3 is 2.45 bits per heavy atom. The summed E-state index contributed by atoms with van der Waals surface area (Å²) in [7, 11) is 2.56. The molecule has 228 valence electrons. The van der Waals surface area contributed by atoms with Gasteiger partial charge in [0.1, 0.15) is 23.9 Å². The first-order valence-electron chi connectivity index (χ1n) is 12.9. The van der Waals surface area contributed by atoms with Gasteiger partial charge in [-0.25, -0.2) is 14.8 Å². The molecule has 0 radical (unpaired) electrons. The van der Waals surface area contributed by atoms with Crippen LogP contribution in [0.2, 0.25) is 5.02 Å². The highest BCUT2D eigenvalue weighted by atomic mass is 35.5. The van der Waals surface area contributed by atoms with Crippen molar-refractivity contribution in [1.82, 2.24) is 24.4 Å². The molecule has 0 aliphatic heterocycles. The maximum absolute atomic E-state index is 13.8. The lowest BCUT2D eigenvalue weighted by molar-refractivity contribution is -0.138. The van der Waals surface area contributed by atoms with E-state index in [2.05, 4.69) is 15.0 Å². The van der Waals surface area contributed by atoms with E-state index in [1.54, 1.807) is 31.2 Å². The van der Waals surface area contributed by atoms with E-state index in [1.165, 1.54) is 42.3 Å². The molecule has 0 aliphatic carbocycles. The second-order valence-electron chi connectivity index (χ2n) is 10.00. The Labute approximate surface area is 256 Å². The Hall–Kier alpha value is -4.56. The number of carbonyl (C=O) groups excluding carboxylic acids is 1. The molecule has 0 saturated carbocycles. The lowest BCUT2D eigenvalue weighted by atomic mass is 10.0. The fourth-order valence-corrected chi connectivity index (χ4v) is 5.87. The molecule has 4 heterocycles. The van der Waals surface area contributed by atoms with Crippen molar-refractivity contribution >= 4 is 56.1 Å². The van der Waals surface area contributed by atoms with Crippen molar-refractivity contribution in [2.24, 2.45) is 0 Å². The largest absolute Gasteiger partial charge is 0.491 e. The zero-order valence-electron chi connectivity index (χ0n) is 23.6. The number of aromatic nitrogens is 4. The van der Waals surface area contributed by atoms with Gasteiger partial charge in [-0.2, -0.15) is 13.2 Å². The van der Waals surface area contributed by atoms with E-state index in [1.807, 2.05) is 0 Å². The number of hydrogen-bond acceptors (Lipinski definition) is 8. The number of ether oxygens (including phenoxy) is 1. The summed E-state index contributed by atoms with van der Waals surface area (Å²) in [6.45, 7) is 3.09. The minimum Gasteiger partial charge on any atom is -0.491 e. The van der Waals surface area contributed by atoms with E-state index in [-0.39, 0.29) is 35.6 Å². The van der Waals surface area contributed by atoms with E-state index >= 15 is 0 Å². The Balaban J connectivity index is 1.51. The van der Waals surface area contributed by atoms with Crippen molar-refractivity contribution in [1.29, 1.82) is 0 Å². The van der Waals surface area contributed by atoms with Crippen LogP contribution in [0.3, 0.4) is 0 Å². The van der Waals surface area contributed by atoms with Gasteiger partial charge in [-0.05, 0) is 44.2 Å². The predicted molar refractivity (Wildman–Crippen MR) is 159 cm³/mol. The van der Waals surface area contributed by atoms with Crippen molar-refractivity contribution in [2.75, 3.05) is 20.7 Å². The molecule has 1 N–H and O–H groups in total. The molecule has 0 aliphatic rings. The molecule has 4 aromatic heterocycles. The maximum atomic E-state index is 13.8. The number of rotatable bonds is 7. The molecule has 0 saturated heterocycles. The molecular formula is C29H23ClF3N5O5S. The number of thiophene rings is 1. The third kappa shape index (κ3) is 5.69. The molecule has 1 aromatic carbocycles. The molecule has 0 unspecified atom stereocenters. The zero-order chi connectivity index (χ0) is 32.1. The maximum Gasteiger partial charge on any atom is 0.418 e. The summed E-state index contributed by atoms with van der Waals surface area (Å²) in [5.41, 5.74) is -1.38. The minimum absolute atomic E-state index is 0.0533. The second-order valence-corrected chi connectivity index (χ2v) is 11.3. The summed E-state index contributed by atoms with van der Waals surface area (Å²) in [5.74, 6) is -1.60. The molecule has 0 spiro atoms. The van der Waals surface area contributed by atoms with Crippen molar-refractivity contribution in [3.05, 3.63) is 79.4 Å². The number of benzene rings is 1. The number of pyridine rings is 2. The summed E-state index contributed by atoms with van der Waals surface area (Å²) >= 11 is 7.53. The summed E-state index contributed by atoms with van der Waals surface area (Å²) in [6, 6.07) is 7.37. The number of amides is 1. The van der Waals surface area contributed by atoms with Crippen LogP contribution in [0.25, 0.3) is 32.4 Å². The van der Waals surface area contributed by atoms with Crippen molar-refractivity contribution < 1.29 is 32.6 Å². The van der Waals surface area contributed by atoms with Gasteiger partial charge in [-0.3, -0.25) is 19.1 Å². The zero-order valence-corrected chi connectivity index (χ0v) is 25.2. The molecule has 1 amide bonds. The van der Waals surface area contributed by atoms with Gasteiger partial charge in [0.2, 0.25) is 0 Å². The van der Waals surface area contributed by atoms with Crippen LogP contribution in [-0.4, -0.2) is 62.1 Å². The van der Waals surface area contributed by atoms with Crippen LogP contribution in [0.4, 0.5) is 13.2 Å². The Kier molecular flexibility index (Phi) is 8.07. The first-order chi connectivity index (χ1) is 20.7. The third-order valence-corrected chi connectivity index (χ3v) is 7.96. The molecule has 0 bridgehead atoms. The Bertz CT molecular complexity index is 2040. The van der Waals surface area contributed by atoms with Gasteiger partial charge in [0.15, 0.2) is 5.52 Å². The quantitative estimate of drug-likeness (QED) is 0.234. The molecule has 44 heavy (non-hydrogen) atoms. The van der Waals surface area contributed by atoms with Crippen LogP contribution in [0.5, 0.6) is 5.75 Å². The third-order valence-electron chi connectivity index (χ3n) is 6.72. The fourth-order valence-electron chi connectivity index (χ4n) is 4.68. The van der Waals surface area contributed by atoms with E-state index in [9.17, 15) is 32.7 Å². The number of carbonyl (C=O) groups is 2. The fraction of sp³-hybridized carbons (Fsp3) is 0.241. The minimum atomic E-state index is -4.89. The van der Waals surface area contributed by atoms with Gasteiger partial charge in [-0.1, -0.05) is 11.6 Å². The van der Waals surface area contributed by atoms with Gasteiger partial charge < -0.3 is 14.7 Å². The summed E-state index contributed by atoms with van der Waals surface area (Å²) in [4.78, 5) is 51.0. The second kappa shape index (κ2) is 11.5. The number of carboxylic acid groups (broad SMARTS) is 1. The number of nitrogens with zero attached hydrogens (tertiary/aromatic N) is 5. The standard InChI is InChI=1S/C29H23ClF3N5O5S/c1-13-9-17(25-22(34-13)18(12-44-25)28(41)42)16-10-15(30)5-6-21(16)43-8-7-38-14(2)35-20-11-19(29(31,32)33)23(26(39)37(3)4)36-24(20)27(38)40/h5-6,9-12H,7-8H2,1-4H3,(H,41,42). The number of carboxylic acids is 1. The smallest absolute Gasteiger partial charge is 0.418 e. The van der Waals surface area contributed by atoms with Crippen LogP contribution < -0.4 is 10.3 Å². The van der Waals surface area contributed by atoms with Gasteiger partial charge >= 0.3 is 12.1 Å². The van der Waals surface area contributed by atoms with Crippen LogP contribution in [-0.2, 0) is 12.7 Å². The topological polar surface area (TPSA) is 128 Å². The van der Waals surface area contributed by atoms with E-state index in [0.29, 0.717) is 43.9 Å². The molecule has 5 aromatic rings. The summed E-state index contributed by atoms with van der Waals surface area (Å²) in [6.07, 6.45) is -4.89. The number of aromatic carboxylic acids is 1. The lowest BCUT2D eigenvalue weighted by Crippen LogP contribution is -2.30. The lowest BCUT2D eigenvalue weighted by Gasteiger charge is -2.17. The Morgan fingerprint density at radius 1 is 1.07 bits per heavy atom. The first-order valence-corrected chi connectivity index (χ1v) is 14.2. The van der Waals surface area contributed by atoms with Crippen LogP contribution in [0.1, 0.15) is 37.9 Å². The SMILES string of the molecule is Cc1cc(-c2cc(Cl)ccc2OCCn2c(C)nc3cc(C(F)(F)F)c(C(=O)N(C)C)nc3c2=O)c2scc(C(=O)O)c2n1. The number of hydrogen-bond donors (Lipinski definition) is 1. The monoisotopic (exact) mass is 645 g/mol. The highest BCUT2D eigenvalue weighted by Crippen LogP contribution is 2.40. The summed E-state index contributed by atoms with van der Waals surface area (Å²) < 4.78 is 49.2. The molecule has 5 rings (SSSR count). The molecular weight excluding hydrogens is 623 g/mol. The van der Waals surface area contributed by atoms with Crippen molar-refractivity contribution in [3.8, 4) is 16.9 Å².